The lowest BCUT2D eigenvalue weighted by atomic mass is 9.68. The van der Waals surface area contributed by atoms with Crippen LogP contribution in [0.2, 0.25) is 10.0 Å². The predicted molar refractivity (Wildman–Crippen MR) is 493 cm³/mol. The fourth-order valence-electron chi connectivity index (χ4n) is 16.5. The fourth-order valence-corrected chi connectivity index (χ4v) is 19.0. The zero-order valence-electron chi connectivity index (χ0n) is 74.5. The average Bonchev–Trinajstić information content (AvgIpc) is 1.56. The molecule has 3 fully saturated rings. The molecule has 6 heterocycles. The number of phenols is 2. The van der Waals surface area contributed by atoms with Crippen molar-refractivity contribution in [2.75, 3.05) is 40.4 Å². The van der Waals surface area contributed by atoms with Crippen LogP contribution in [0.5, 0.6) is 46.1 Å². The maximum absolute atomic E-state index is 13.2. The molecular weight excluding hydrogens is 1730 g/mol. The number of imidazole rings is 1. The molecule has 6 aromatic carbocycles. The van der Waals surface area contributed by atoms with Crippen LogP contribution in [0.15, 0.2) is 184 Å². The van der Waals surface area contributed by atoms with Gasteiger partial charge in [0.1, 0.15) is 29.5 Å². The van der Waals surface area contributed by atoms with E-state index in [1.807, 2.05) is 78.9 Å². The molecular formula is C96H110Cl2FN11O19S. The number of hydrogen-bond acceptors (Lipinski definition) is 23. The van der Waals surface area contributed by atoms with Crippen molar-refractivity contribution in [3.05, 3.63) is 235 Å². The number of rotatable bonds is 28. The zero-order valence-corrected chi connectivity index (χ0v) is 76.8. The highest BCUT2D eigenvalue weighted by Gasteiger charge is 2.49. The summed E-state index contributed by atoms with van der Waals surface area (Å²) < 4.78 is 83.7. The third kappa shape index (κ3) is 23.8. The zero-order chi connectivity index (χ0) is 93.7. The van der Waals surface area contributed by atoms with E-state index in [1.54, 1.807) is 67.1 Å². The summed E-state index contributed by atoms with van der Waals surface area (Å²) in [6.07, 6.45) is 18.3. The molecule has 34 heteroatoms. The van der Waals surface area contributed by atoms with Crippen LogP contribution in [-0.2, 0) is 54.9 Å². The van der Waals surface area contributed by atoms with Gasteiger partial charge in [0.2, 0.25) is 11.8 Å². The maximum Gasteiger partial charge on any atom is 0.430 e. The first-order chi connectivity index (χ1) is 62.4. The number of fused-ring (bicyclic) bond motifs is 4. The molecule has 1 saturated heterocycles. The number of aryl methyl sites for hydroxylation is 4. The number of nitrogens with one attached hydrogen (secondary N) is 3. The Morgan fingerprint density at radius 3 is 1.98 bits per heavy atom. The number of anilines is 1. The number of ether oxygens (including phenoxy) is 7. The van der Waals surface area contributed by atoms with E-state index in [1.165, 1.54) is 111 Å². The molecule has 4 atom stereocenters. The number of carbonyl (C=O) groups excluding carboxylic acids is 5. The standard InChI is InChI=1S/C22H14Cl2FN3O3.C22H29NO4.C21H27NO6S.C16H20N4O2.C15H20N2O4/c23-17-8-26-9-18(24)20(17)27-22(31)21(30)16-11-28(10-12-1-3-13(25)4-2-12)19-6-5-14(29)7-15(16)19;1-14-10-18(22(12-15(14)2)13-26-21(24)23-22)16-8-9-19(25-3)20(11-16)27-17-6-4-5-7-17;1-15(21(24)22-25)20(11-7-6-10-16-8-4-3-5-9-16)29(26,27)17-12-13-19(28-2)18(23)14-17;1-5-9-19-11-7-8-13(22-4)18-15(11)20-12(6-2)17-10(3)14(20)16(19)21;1-10(17-21-15(16)18)11-7-8-13(19-2)14(9-11)20-12-5-3-4-6-12/h1-9,11,29H,10H2,(H,26,27,31);8-9,11,17-18H,4-7,10,12-13H2,1-3H3,(H,23,24);3-5,8-9,12-15,20,23,25H,6-7,10-11H2,1-2H3,(H,22,24);7-8H,5-6,9H2,1-4H3;7-9,12H,3-6H2,1-2H3,(H2,16,18)/b;;;;17-10+/t;;15?,20-;;/m..1../s1. The molecule has 4 amide bonds. The van der Waals surface area contributed by atoms with Crippen LogP contribution in [0.1, 0.15) is 181 Å². The Bertz CT molecular complexity index is 6120. The number of phenolic OH excluding ortho intramolecular Hbond substituents is 2. The number of amides is 4. The molecule has 2 saturated carbocycles. The second kappa shape index (κ2) is 45.0. The Balaban J connectivity index is 0.000000158. The second-order valence-electron chi connectivity index (χ2n) is 32.2. The van der Waals surface area contributed by atoms with Gasteiger partial charge < -0.3 is 68.9 Å². The fraction of sp³-hybridized carbons (Fsp3) is 0.375. The van der Waals surface area contributed by atoms with Crippen LogP contribution in [0.3, 0.4) is 0 Å². The molecule has 0 radical (unpaired) electrons. The minimum absolute atomic E-state index is 0.00832. The van der Waals surface area contributed by atoms with Crippen molar-refractivity contribution in [2.24, 2.45) is 16.8 Å². The SMILES string of the molecule is CCCn1c(=O)c2c(C)nc(CC)n2c2nc(OC)ccc21.COc1ccc(/C(C)=N/OC(N)=O)cc1OC1CCCC1.COc1ccc(C2CC(C)=C(C)CC23COC(=O)N3)cc1OC1CCCC1.COc1ccc(S(=O)(=O)[C@H](CCCCc2ccccc2)C(C)C(=O)NO)cc1O.O=C(Nc1c(Cl)cncc1Cl)C(=O)c1cn(Cc2ccc(F)cc2)c2ccc(O)cc12. The summed E-state index contributed by atoms with van der Waals surface area (Å²) in [5.41, 5.74) is 16.9. The van der Waals surface area contributed by atoms with E-state index in [4.69, 9.17) is 67.3 Å². The number of methoxy groups -OCH3 is 4. The quantitative estimate of drug-likeness (QED) is 0.00350. The van der Waals surface area contributed by atoms with Crippen molar-refractivity contribution in [2.45, 2.75) is 198 Å². The van der Waals surface area contributed by atoms with Crippen LogP contribution < -0.4 is 55.8 Å². The lowest BCUT2D eigenvalue weighted by Gasteiger charge is -2.41. The third-order valence-corrected chi connectivity index (χ3v) is 26.4. The van der Waals surface area contributed by atoms with E-state index in [0.717, 1.165) is 121 Å². The summed E-state index contributed by atoms with van der Waals surface area (Å²) in [5.74, 6) is 0.407. The van der Waals surface area contributed by atoms with E-state index >= 15 is 0 Å². The van der Waals surface area contributed by atoms with Gasteiger partial charge in [-0.25, -0.2) is 32.9 Å². The average molecular weight is 1840 g/mol. The maximum atomic E-state index is 13.2. The number of cyclic esters (lactones) is 1. The van der Waals surface area contributed by atoms with Crippen molar-refractivity contribution < 1.29 is 90.2 Å². The van der Waals surface area contributed by atoms with Gasteiger partial charge in [-0.1, -0.05) is 115 Å². The van der Waals surface area contributed by atoms with Gasteiger partial charge in [0.25, 0.3) is 17.2 Å². The molecule has 3 aliphatic carbocycles. The molecule has 8 N–H and O–H groups in total. The highest BCUT2D eigenvalue weighted by Crippen LogP contribution is 2.48. The number of benzene rings is 6. The number of halogens is 3. The lowest BCUT2D eigenvalue weighted by molar-refractivity contribution is -0.133. The number of ketones is 1. The van der Waals surface area contributed by atoms with Crippen molar-refractivity contribution in [3.63, 3.8) is 0 Å². The molecule has 130 heavy (non-hydrogen) atoms. The summed E-state index contributed by atoms with van der Waals surface area (Å²) in [5, 5.41) is 37.6. The number of carbonyl (C=O) groups is 5. The number of nitrogens with two attached hydrogens (primary N) is 1. The van der Waals surface area contributed by atoms with Crippen molar-refractivity contribution in [1.82, 2.24) is 39.3 Å². The Morgan fingerprint density at radius 1 is 0.746 bits per heavy atom. The van der Waals surface area contributed by atoms with E-state index in [-0.39, 0.29) is 91.0 Å². The van der Waals surface area contributed by atoms with E-state index in [2.05, 4.69) is 68.5 Å². The van der Waals surface area contributed by atoms with Gasteiger partial charge in [-0.3, -0.25) is 38.6 Å². The van der Waals surface area contributed by atoms with Crippen LogP contribution in [0, 0.1) is 18.7 Å². The minimum atomic E-state index is -3.94. The van der Waals surface area contributed by atoms with Gasteiger partial charge in [0.05, 0.1) is 100 Å². The molecule has 4 aliphatic rings. The summed E-state index contributed by atoms with van der Waals surface area (Å²) in [7, 11) is 2.31. The monoisotopic (exact) mass is 1840 g/mol. The van der Waals surface area contributed by atoms with Gasteiger partial charge in [-0.15, -0.1) is 0 Å². The number of primary amides is 1. The number of pyridine rings is 2. The Labute approximate surface area is 763 Å². The number of aromatic nitrogens is 6. The second-order valence-corrected chi connectivity index (χ2v) is 35.2. The van der Waals surface area contributed by atoms with Crippen LogP contribution in [0.4, 0.5) is 19.7 Å². The van der Waals surface area contributed by atoms with Gasteiger partial charge in [-0.2, -0.15) is 4.98 Å². The first kappa shape index (κ1) is 97.8. The number of nitrogens with zero attached hydrogens (tertiary/aromatic N) is 7. The normalized spacial score (nSPS) is 16.0. The van der Waals surface area contributed by atoms with Crippen molar-refractivity contribution >= 4 is 102 Å². The van der Waals surface area contributed by atoms with E-state index < -0.39 is 44.7 Å². The number of hydroxylamine groups is 1. The number of sulfone groups is 1. The summed E-state index contributed by atoms with van der Waals surface area (Å²) >= 11 is 12.0. The number of Topliss-reactive ketones (excluding diaryl/α,β-unsaturated/α-hetero) is 1. The number of oxime groups is 1. The van der Waals surface area contributed by atoms with Crippen LogP contribution >= 0.6 is 23.2 Å². The summed E-state index contributed by atoms with van der Waals surface area (Å²) in [6, 6.07) is 39.5. The number of hydrogen-bond donors (Lipinski definition) is 7. The van der Waals surface area contributed by atoms with E-state index in [0.29, 0.717) is 65.6 Å². The lowest BCUT2D eigenvalue weighted by Crippen LogP contribution is -2.50. The molecule has 5 aromatic heterocycles. The Morgan fingerprint density at radius 2 is 1.38 bits per heavy atom. The number of alkyl carbamates (subject to hydrolysis) is 1. The first-order valence-corrected chi connectivity index (χ1v) is 45.2. The number of unbranched alkanes of at least 4 members (excludes halogenated alkanes) is 1. The van der Waals surface area contributed by atoms with Gasteiger partial charge >= 0.3 is 12.2 Å². The highest BCUT2D eigenvalue weighted by molar-refractivity contribution is 7.92. The van der Waals surface area contributed by atoms with E-state index in [9.17, 15) is 51.8 Å². The van der Waals surface area contributed by atoms with Crippen LogP contribution in [0.25, 0.3) is 27.6 Å². The van der Waals surface area contributed by atoms with Gasteiger partial charge in [-0.05, 0) is 213 Å². The van der Waals surface area contributed by atoms with Gasteiger partial charge in [0, 0.05) is 72.6 Å². The largest absolute Gasteiger partial charge is 0.508 e. The smallest absolute Gasteiger partial charge is 0.430 e. The predicted octanol–water partition coefficient (Wildman–Crippen LogP) is 18.0. The third-order valence-electron chi connectivity index (χ3n) is 23.5. The molecule has 690 valence electrons. The Kier molecular flexibility index (Phi) is 33.8. The van der Waals surface area contributed by atoms with Crippen molar-refractivity contribution in [3.8, 4) is 46.1 Å². The summed E-state index contributed by atoms with van der Waals surface area (Å²) in [4.78, 5) is 90.2. The molecule has 0 bridgehead atoms. The molecule has 1 spiro atoms. The Hall–Kier alpha value is -12.8. The molecule has 11 aromatic rings. The summed E-state index contributed by atoms with van der Waals surface area (Å²) in [6.45, 7) is 14.9. The molecule has 30 nitrogen and oxygen atoms in total. The number of aromatic hydroxyl groups is 2. The highest BCUT2D eigenvalue weighted by atomic mass is 35.5. The van der Waals surface area contributed by atoms with Gasteiger partial charge in [0.15, 0.2) is 50.0 Å². The minimum Gasteiger partial charge on any atom is -0.508 e. The first-order valence-electron chi connectivity index (χ1n) is 42.9. The number of allylic oxidation sites excluding steroid dienone is 1. The topological polar surface area (TPSA) is 398 Å². The molecule has 3 unspecified atom stereocenters. The molecule has 15 rings (SSSR count). The van der Waals surface area contributed by atoms with Crippen molar-refractivity contribution in [1.29, 1.82) is 0 Å². The van der Waals surface area contributed by atoms with Crippen LogP contribution in [-0.4, -0.2) is 146 Å². The molecule has 1 aliphatic heterocycles.